The van der Waals surface area contributed by atoms with Crippen molar-refractivity contribution in [3.8, 4) is 0 Å². The Morgan fingerprint density at radius 3 is 2.43 bits per heavy atom. The Balaban J connectivity index is 2.24. The van der Waals surface area contributed by atoms with Crippen molar-refractivity contribution in [2.24, 2.45) is 0 Å². The van der Waals surface area contributed by atoms with Crippen LogP contribution in [0.3, 0.4) is 0 Å². The zero-order chi connectivity index (χ0) is 15.6. The number of hydrogen-bond acceptors (Lipinski definition) is 5. The molecule has 1 aliphatic heterocycles. The number of piperazine rings is 1. The van der Waals surface area contributed by atoms with Crippen LogP contribution in [0.4, 0.5) is 11.4 Å². The fraction of sp³-hybridized carbons (Fsp3) is 0.500. The predicted molar refractivity (Wildman–Crippen MR) is 78.2 cm³/mol. The molecule has 1 atom stereocenters. The van der Waals surface area contributed by atoms with Gasteiger partial charge in [0, 0.05) is 39.2 Å². The number of nitrogens with zero attached hydrogens (tertiary/aromatic N) is 3. The van der Waals surface area contributed by atoms with Crippen LogP contribution in [0.25, 0.3) is 0 Å². The molecule has 7 heteroatoms. The van der Waals surface area contributed by atoms with Gasteiger partial charge in [0.05, 0.1) is 11.0 Å². The van der Waals surface area contributed by atoms with Crippen molar-refractivity contribution < 1.29 is 14.8 Å². The Kier molecular flexibility index (Phi) is 4.42. The summed E-state index contributed by atoms with van der Waals surface area (Å²) in [5.41, 5.74) is 1.05. The van der Waals surface area contributed by atoms with Crippen LogP contribution in [0.15, 0.2) is 18.2 Å². The topological polar surface area (TPSA) is 86.9 Å². The van der Waals surface area contributed by atoms with Crippen molar-refractivity contribution in [3.05, 3.63) is 33.9 Å². The van der Waals surface area contributed by atoms with Gasteiger partial charge < -0.3 is 14.9 Å². The summed E-state index contributed by atoms with van der Waals surface area (Å²) in [6, 6.07) is 4.78. The summed E-state index contributed by atoms with van der Waals surface area (Å²) in [5.74, 6) is 0.0219. The van der Waals surface area contributed by atoms with Crippen LogP contribution in [-0.2, 0) is 4.79 Å². The van der Waals surface area contributed by atoms with Gasteiger partial charge in [-0.25, -0.2) is 0 Å². The zero-order valence-electron chi connectivity index (χ0n) is 12.2. The molecule has 1 heterocycles. The van der Waals surface area contributed by atoms with E-state index in [1.165, 1.54) is 13.0 Å². The Bertz CT molecular complexity index is 551. The van der Waals surface area contributed by atoms with E-state index >= 15 is 0 Å². The fourth-order valence-electron chi connectivity index (χ4n) is 2.48. The van der Waals surface area contributed by atoms with Crippen molar-refractivity contribution in [2.75, 3.05) is 31.1 Å². The molecule has 0 unspecified atom stereocenters. The van der Waals surface area contributed by atoms with Gasteiger partial charge in [0.15, 0.2) is 0 Å². The number of nitro groups is 1. The molecule has 0 bridgehead atoms. The number of benzene rings is 1. The van der Waals surface area contributed by atoms with Gasteiger partial charge >= 0.3 is 0 Å². The number of aliphatic hydroxyl groups excluding tert-OH is 1. The number of nitro benzene ring substituents is 1. The number of carbonyl (C=O) groups excluding carboxylic acids is 1. The lowest BCUT2D eigenvalue weighted by atomic mass is 10.1. The summed E-state index contributed by atoms with van der Waals surface area (Å²) in [4.78, 5) is 25.8. The van der Waals surface area contributed by atoms with Gasteiger partial charge in [0.2, 0.25) is 5.91 Å². The molecule has 2 rings (SSSR count). The highest BCUT2D eigenvalue weighted by Crippen LogP contribution is 2.31. The lowest BCUT2D eigenvalue weighted by molar-refractivity contribution is -0.384. The zero-order valence-corrected chi connectivity index (χ0v) is 12.2. The lowest BCUT2D eigenvalue weighted by Gasteiger charge is -2.35. The number of carbonyl (C=O) groups is 1. The normalized spacial score (nSPS) is 16.7. The minimum atomic E-state index is -0.743. The molecule has 7 nitrogen and oxygen atoms in total. The van der Waals surface area contributed by atoms with Gasteiger partial charge in [-0.15, -0.1) is 0 Å². The third-order valence-electron chi connectivity index (χ3n) is 3.74. The van der Waals surface area contributed by atoms with Crippen molar-refractivity contribution in [3.63, 3.8) is 0 Å². The second kappa shape index (κ2) is 6.09. The van der Waals surface area contributed by atoms with Gasteiger partial charge in [-0.1, -0.05) is 6.07 Å². The first kappa shape index (κ1) is 15.2. The minimum absolute atomic E-state index is 0.00956. The molecule has 114 valence electrons. The number of hydrogen-bond donors (Lipinski definition) is 1. The van der Waals surface area contributed by atoms with E-state index < -0.39 is 11.0 Å². The summed E-state index contributed by atoms with van der Waals surface area (Å²) < 4.78 is 0. The molecular formula is C14H19N3O4. The quantitative estimate of drug-likeness (QED) is 0.671. The largest absolute Gasteiger partial charge is 0.389 e. The molecule has 1 amide bonds. The third-order valence-corrected chi connectivity index (χ3v) is 3.74. The van der Waals surface area contributed by atoms with Crippen LogP contribution < -0.4 is 4.90 Å². The van der Waals surface area contributed by atoms with Crippen molar-refractivity contribution in [2.45, 2.75) is 20.0 Å². The van der Waals surface area contributed by atoms with Crippen LogP contribution in [0, 0.1) is 10.1 Å². The monoisotopic (exact) mass is 293 g/mol. The summed E-state index contributed by atoms with van der Waals surface area (Å²) in [5, 5.41) is 20.8. The molecule has 1 aromatic carbocycles. The van der Waals surface area contributed by atoms with E-state index in [1.54, 1.807) is 24.0 Å². The molecule has 1 fully saturated rings. The van der Waals surface area contributed by atoms with Gasteiger partial charge in [0.1, 0.15) is 5.69 Å². The Hall–Kier alpha value is -2.15. The van der Waals surface area contributed by atoms with Gasteiger partial charge in [-0.2, -0.15) is 0 Å². The predicted octanol–water partition coefficient (Wildman–Crippen LogP) is 1.32. The maximum atomic E-state index is 11.3. The minimum Gasteiger partial charge on any atom is -0.389 e. The maximum Gasteiger partial charge on any atom is 0.292 e. The molecular weight excluding hydrogens is 274 g/mol. The van der Waals surface area contributed by atoms with Crippen molar-refractivity contribution >= 4 is 17.3 Å². The second-order valence-electron chi connectivity index (χ2n) is 5.17. The van der Waals surface area contributed by atoms with E-state index in [0.717, 1.165) is 0 Å². The smallest absolute Gasteiger partial charge is 0.292 e. The average molecular weight is 293 g/mol. The van der Waals surface area contributed by atoms with Gasteiger partial charge in [-0.05, 0) is 18.6 Å². The van der Waals surface area contributed by atoms with Crippen LogP contribution >= 0.6 is 0 Å². The first-order chi connectivity index (χ1) is 9.90. The van der Waals surface area contributed by atoms with Gasteiger partial charge in [-0.3, -0.25) is 14.9 Å². The molecule has 1 saturated heterocycles. The van der Waals surface area contributed by atoms with Crippen LogP contribution in [0.5, 0.6) is 0 Å². The number of anilines is 1. The lowest BCUT2D eigenvalue weighted by Crippen LogP contribution is -2.48. The third kappa shape index (κ3) is 3.30. The molecule has 0 spiro atoms. The highest BCUT2D eigenvalue weighted by Gasteiger charge is 2.25. The van der Waals surface area contributed by atoms with Crippen LogP contribution in [0.2, 0.25) is 0 Å². The molecule has 0 aromatic heterocycles. The van der Waals surface area contributed by atoms with Crippen LogP contribution in [0.1, 0.15) is 25.5 Å². The standard InChI is InChI=1S/C14H19N3O4/c1-10(18)12-3-4-13(14(9-12)17(20)21)16-7-5-15(6-8-16)11(2)19/h3-4,9-10,18H,5-8H2,1-2H3/t10-/m0/s1. The maximum absolute atomic E-state index is 11.3. The number of amides is 1. The van der Waals surface area contributed by atoms with E-state index in [4.69, 9.17) is 0 Å². The van der Waals surface area contributed by atoms with Gasteiger partial charge in [0.25, 0.3) is 5.69 Å². The van der Waals surface area contributed by atoms with E-state index in [1.807, 2.05) is 4.90 Å². The molecule has 0 radical (unpaired) electrons. The SMILES string of the molecule is CC(=O)N1CCN(c2ccc([C@H](C)O)cc2[N+](=O)[O-])CC1. The molecule has 0 aliphatic carbocycles. The van der Waals surface area contributed by atoms with E-state index in [0.29, 0.717) is 37.4 Å². The molecule has 1 aromatic rings. The van der Waals surface area contributed by atoms with Crippen LogP contribution in [-0.4, -0.2) is 47.0 Å². The van der Waals surface area contributed by atoms with E-state index in [-0.39, 0.29) is 11.6 Å². The average Bonchev–Trinajstić information content (AvgIpc) is 2.46. The molecule has 21 heavy (non-hydrogen) atoms. The van der Waals surface area contributed by atoms with E-state index in [2.05, 4.69) is 0 Å². The number of rotatable bonds is 3. The summed E-state index contributed by atoms with van der Waals surface area (Å²) in [7, 11) is 0. The Morgan fingerprint density at radius 1 is 1.33 bits per heavy atom. The Morgan fingerprint density at radius 2 is 1.95 bits per heavy atom. The Labute approximate surface area is 122 Å². The summed E-state index contributed by atoms with van der Waals surface area (Å²) >= 11 is 0. The van der Waals surface area contributed by atoms with Crippen molar-refractivity contribution in [1.29, 1.82) is 0 Å². The van der Waals surface area contributed by atoms with E-state index in [9.17, 15) is 20.0 Å². The fourth-order valence-corrected chi connectivity index (χ4v) is 2.48. The van der Waals surface area contributed by atoms with Crippen molar-refractivity contribution in [1.82, 2.24) is 4.90 Å². The highest BCUT2D eigenvalue weighted by atomic mass is 16.6. The molecule has 0 saturated carbocycles. The first-order valence-corrected chi connectivity index (χ1v) is 6.87. The highest BCUT2D eigenvalue weighted by molar-refractivity contribution is 5.74. The molecule has 1 N–H and O–H groups in total. The first-order valence-electron chi connectivity index (χ1n) is 6.87. The second-order valence-corrected chi connectivity index (χ2v) is 5.17. The summed E-state index contributed by atoms with van der Waals surface area (Å²) in [6.45, 7) is 5.35. The molecule has 1 aliphatic rings. The number of aliphatic hydroxyl groups is 1. The summed E-state index contributed by atoms with van der Waals surface area (Å²) in [6.07, 6.45) is -0.743.